The molecule has 0 saturated carbocycles. The Morgan fingerprint density at radius 3 is 2.46 bits per heavy atom. The highest BCUT2D eigenvalue weighted by atomic mass is 32.1. The molecule has 2 unspecified atom stereocenters. The van der Waals surface area contributed by atoms with E-state index in [-0.39, 0.29) is 0 Å². The van der Waals surface area contributed by atoms with Gasteiger partial charge in [0.15, 0.2) is 0 Å². The number of hydrogen-bond donors (Lipinski definition) is 3. The first-order valence-corrected chi connectivity index (χ1v) is 4.61. The van der Waals surface area contributed by atoms with Crippen LogP contribution >= 0.6 is 12.6 Å². The molecule has 2 N–H and O–H groups in total. The van der Waals surface area contributed by atoms with Gasteiger partial charge < -0.3 is 10.2 Å². The van der Waals surface area contributed by atoms with Gasteiger partial charge in [-0.1, -0.05) is 0 Å². The predicted octanol–water partition coefficient (Wildman–Crippen LogP) is 0.191. The molecule has 72 valence electrons. The van der Waals surface area contributed by atoms with Crippen LogP contribution in [0.3, 0.4) is 0 Å². The third kappa shape index (κ3) is 2.95. The number of aliphatic hydroxyl groups excluding tert-OH is 2. The monoisotopic (exact) mass is 200 g/mol. The smallest absolute Gasteiger partial charge is 0.115 e. The quantitative estimate of drug-likeness (QED) is 0.607. The summed E-state index contributed by atoms with van der Waals surface area (Å²) in [6.07, 6.45) is 3.07. The highest BCUT2D eigenvalue weighted by Crippen LogP contribution is 2.16. The van der Waals surface area contributed by atoms with Crippen molar-refractivity contribution in [3.8, 4) is 0 Å². The first kappa shape index (κ1) is 10.4. The third-order valence-corrected chi connectivity index (χ3v) is 1.97. The average Bonchev–Trinajstić information content (AvgIpc) is 2.18. The maximum Gasteiger partial charge on any atom is 0.115 e. The Labute approximate surface area is 82.1 Å². The van der Waals surface area contributed by atoms with Crippen molar-refractivity contribution in [1.29, 1.82) is 0 Å². The number of rotatable bonds is 4. The fourth-order valence-electron chi connectivity index (χ4n) is 0.976. The van der Waals surface area contributed by atoms with Gasteiger partial charge in [-0.3, -0.25) is 0 Å². The molecule has 0 aliphatic rings. The van der Waals surface area contributed by atoms with Crippen molar-refractivity contribution in [2.24, 2.45) is 0 Å². The van der Waals surface area contributed by atoms with Gasteiger partial charge in [0.25, 0.3) is 0 Å². The molecule has 1 heterocycles. The van der Waals surface area contributed by atoms with Crippen LogP contribution in [0, 0.1) is 0 Å². The Balaban J connectivity index is 2.62. The molecular weight excluding hydrogens is 188 g/mol. The maximum atomic E-state index is 9.56. The van der Waals surface area contributed by atoms with Crippen LogP contribution in [-0.2, 0) is 0 Å². The summed E-state index contributed by atoms with van der Waals surface area (Å²) in [6.45, 7) is 0. The zero-order valence-electron chi connectivity index (χ0n) is 7.04. The van der Waals surface area contributed by atoms with Gasteiger partial charge >= 0.3 is 0 Å². The van der Waals surface area contributed by atoms with Crippen molar-refractivity contribution >= 4 is 12.6 Å². The molecule has 1 rings (SSSR count). The lowest BCUT2D eigenvalue weighted by molar-refractivity contribution is 0.0168. The molecule has 0 saturated heterocycles. The summed E-state index contributed by atoms with van der Waals surface area (Å²) >= 11 is 3.96. The Kier molecular flexibility index (Phi) is 4.14. The molecule has 0 fully saturated rings. The summed E-state index contributed by atoms with van der Waals surface area (Å²) in [4.78, 5) is 7.49. The Morgan fingerprint density at radius 1 is 1.31 bits per heavy atom. The second kappa shape index (κ2) is 5.16. The van der Waals surface area contributed by atoms with Gasteiger partial charge in [0, 0.05) is 18.0 Å². The van der Waals surface area contributed by atoms with E-state index < -0.39 is 12.2 Å². The second-order valence-corrected chi connectivity index (χ2v) is 3.14. The van der Waals surface area contributed by atoms with Crippen LogP contribution in [0.25, 0.3) is 0 Å². The Morgan fingerprint density at radius 2 is 1.92 bits per heavy atom. The van der Waals surface area contributed by atoms with Crippen molar-refractivity contribution in [2.75, 3.05) is 5.75 Å². The van der Waals surface area contributed by atoms with E-state index in [4.69, 9.17) is 0 Å². The predicted molar refractivity (Wildman–Crippen MR) is 51.5 cm³/mol. The lowest BCUT2D eigenvalue weighted by Crippen LogP contribution is -2.18. The molecule has 0 aliphatic carbocycles. The maximum absolute atomic E-state index is 9.56. The normalized spacial score (nSPS) is 15.3. The number of hydrogen-bond acceptors (Lipinski definition) is 5. The van der Waals surface area contributed by atoms with E-state index in [0.29, 0.717) is 17.7 Å². The van der Waals surface area contributed by atoms with Gasteiger partial charge in [-0.05, 0) is 12.2 Å². The summed E-state index contributed by atoms with van der Waals surface area (Å²) in [5, 5.41) is 19.0. The van der Waals surface area contributed by atoms with Crippen LogP contribution in [0.15, 0.2) is 18.7 Å². The summed E-state index contributed by atoms with van der Waals surface area (Å²) < 4.78 is 0. The molecule has 0 aromatic carbocycles. The van der Waals surface area contributed by atoms with E-state index in [1.807, 2.05) is 0 Å². The molecule has 1 aromatic rings. The second-order valence-electron chi connectivity index (χ2n) is 2.70. The summed E-state index contributed by atoms with van der Waals surface area (Å²) in [5.41, 5.74) is 0.525. The lowest BCUT2D eigenvalue weighted by Gasteiger charge is -2.16. The highest BCUT2D eigenvalue weighted by Gasteiger charge is 2.17. The molecular formula is C8H12N2O2S. The van der Waals surface area contributed by atoms with Gasteiger partial charge in [0.05, 0.1) is 6.10 Å². The van der Waals surface area contributed by atoms with Crippen LogP contribution in [0.4, 0.5) is 0 Å². The largest absolute Gasteiger partial charge is 0.390 e. The molecule has 1 aromatic heterocycles. The lowest BCUT2D eigenvalue weighted by atomic mass is 10.1. The first-order valence-electron chi connectivity index (χ1n) is 3.97. The number of nitrogens with zero attached hydrogens (tertiary/aromatic N) is 2. The SMILES string of the molecule is OC(CCS)C(O)c1cncnc1. The zero-order chi connectivity index (χ0) is 9.68. The number of aliphatic hydroxyl groups is 2. The van der Waals surface area contributed by atoms with Crippen LogP contribution in [0.2, 0.25) is 0 Å². The van der Waals surface area contributed by atoms with Gasteiger partial charge in [0.2, 0.25) is 0 Å². The standard InChI is InChI=1S/C8H12N2O2S/c11-7(1-2-13)8(12)6-3-9-5-10-4-6/h3-5,7-8,11-13H,1-2H2. The number of thiol groups is 1. The van der Waals surface area contributed by atoms with Crippen LogP contribution in [-0.4, -0.2) is 32.0 Å². The van der Waals surface area contributed by atoms with Crippen LogP contribution in [0.5, 0.6) is 0 Å². The van der Waals surface area contributed by atoms with E-state index in [9.17, 15) is 10.2 Å². The Hall–Kier alpha value is -0.650. The molecule has 0 aliphatic heterocycles. The summed E-state index contributed by atoms with van der Waals surface area (Å²) in [7, 11) is 0. The molecule has 4 nitrogen and oxygen atoms in total. The molecule has 0 bridgehead atoms. The van der Waals surface area contributed by atoms with E-state index in [1.165, 1.54) is 18.7 Å². The van der Waals surface area contributed by atoms with Gasteiger partial charge in [0.1, 0.15) is 12.4 Å². The van der Waals surface area contributed by atoms with Crippen molar-refractivity contribution in [3.63, 3.8) is 0 Å². The third-order valence-electron chi connectivity index (χ3n) is 1.71. The molecule has 5 heteroatoms. The summed E-state index contributed by atoms with van der Waals surface area (Å²) in [6, 6.07) is 0. The molecule has 2 atom stereocenters. The van der Waals surface area contributed by atoms with E-state index in [1.54, 1.807) is 0 Å². The van der Waals surface area contributed by atoms with Crippen LogP contribution < -0.4 is 0 Å². The molecule has 0 amide bonds. The Bertz CT molecular complexity index is 245. The fourth-order valence-corrected chi connectivity index (χ4v) is 1.24. The van der Waals surface area contributed by atoms with Gasteiger partial charge in [-0.25, -0.2) is 9.97 Å². The van der Waals surface area contributed by atoms with Crippen molar-refractivity contribution < 1.29 is 10.2 Å². The average molecular weight is 200 g/mol. The summed E-state index contributed by atoms with van der Waals surface area (Å²) in [5.74, 6) is 0.534. The van der Waals surface area contributed by atoms with E-state index in [0.717, 1.165) is 0 Å². The van der Waals surface area contributed by atoms with Crippen molar-refractivity contribution in [3.05, 3.63) is 24.3 Å². The van der Waals surface area contributed by atoms with E-state index in [2.05, 4.69) is 22.6 Å². The zero-order valence-corrected chi connectivity index (χ0v) is 7.93. The minimum Gasteiger partial charge on any atom is -0.390 e. The van der Waals surface area contributed by atoms with Crippen molar-refractivity contribution in [2.45, 2.75) is 18.6 Å². The number of aromatic nitrogens is 2. The molecule has 13 heavy (non-hydrogen) atoms. The fraction of sp³-hybridized carbons (Fsp3) is 0.500. The van der Waals surface area contributed by atoms with Crippen molar-refractivity contribution in [1.82, 2.24) is 9.97 Å². The first-order chi connectivity index (χ1) is 6.25. The topological polar surface area (TPSA) is 66.2 Å². The molecule has 0 spiro atoms. The van der Waals surface area contributed by atoms with Gasteiger partial charge in [-0.2, -0.15) is 12.6 Å². The minimum atomic E-state index is -0.923. The minimum absolute atomic E-state index is 0.444. The van der Waals surface area contributed by atoms with Gasteiger partial charge in [-0.15, -0.1) is 0 Å². The highest BCUT2D eigenvalue weighted by molar-refractivity contribution is 7.80. The van der Waals surface area contributed by atoms with Crippen LogP contribution in [0.1, 0.15) is 18.1 Å². The molecule has 0 radical (unpaired) electrons. The van der Waals surface area contributed by atoms with E-state index >= 15 is 0 Å².